The van der Waals surface area contributed by atoms with Gasteiger partial charge in [0, 0.05) is 10.9 Å². The molecule has 3 aromatic heterocycles. The molecule has 0 aliphatic carbocycles. The average molecular weight is 324 g/mol. The average Bonchev–Trinajstić information content (AvgIpc) is 3.18. The Morgan fingerprint density at radius 3 is 2.91 bits per heavy atom. The van der Waals surface area contributed by atoms with Crippen molar-refractivity contribution in [3.63, 3.8) is 0 Å². The molecule has 4 aromatic rings. The van der Waals surface area contributed by atoms with Crippen molar-refractivity contribution in [2.45, 2.75) is 13.8 Å². The van der Waals surface area contributed by atoms with Gasteiger partial charge < -0.3 is 4.74 Å². The molecular formula is C15H12N6OS. The summed E-state index contributed by atoms with van der Waals surface area (Å²) in [5.41, 5.74) is 1.97. The second-order valence-corrected chi connectivity index (χ2v) is 6.20. The minimum Gasteiger partial charge on any atom is -0.438 e. The zero-order chi connectivity index (χ0) is 15.8. The molecule has 0 saturated carbocycles. The second-order valence-electron chi connectivity index (χ2n) is 5.00. The number of aryl methyl sites for hydroxylation is 2. The molecule has 114 valence electrons. The van der Waals surface area contributed by atoms with Gasteiger partial charge in [-0.05, 0) is 42.0 Å². The van der Waals surface area contributed by atoms with Crippen LogP contribution in [-0.4, -0.2) is 30.2 Å². The maximum atomic E-state index is 6.00. The van der Waals surface area contributed by atoms with E-state index in [0.717, 1.165) is 21.5 Å². The molecule has 1 aromatic carbocycles. The van der Waals surface area contributed by atoms with Crippen LogP contribution < -0.4 is 4.74 Å². The number of aromatic nitrogens is 6. The molecule has 0 unspecified atom stereocenters. The lowest BCUT2D eigenvalue weighted by Gasteiger charge is -2.07. The predicted molar refractivity (Wildman–Crippen MR) is 86.1 cm³/mol. The van der Waals surface area contributed by atoms with Crippen LogP contribution >= 0.6 is 11.3 Å². The quantitative estimate of drug-likeness (QED) is 0.576. The summed E-state index contributed by atoms with van der Waals surface area (Å²) in [6, 6.07) is 7.52. The van der Waals surface area contributed by atoms with Crippen molar-refractivity contribution >= 4 is 21.6 Å². The molecule has 3 heterocycles. The van der Waals surface area contributed by atoms with E-state index in [2.05, 4.69) is 39.3 Å². The fourth-order valence-corrected chi connectivity index (χ4v) is 3.30. The van der Waals surface area contributed by atoms with E-state index < -0.39 is 0 Å². The van der Waals surface area contributed by atoms with E-state index >= 15 is 0 Å². The van der Waals surface area contributed by atoms with Gasteiger partial charge in [0.05, 0.1) is 11.1 Å². The summed E-state index contributed by atoms with van der Waals surface area (Å²) in [5, 5.41) is 12.1. The highest BCUT2D eigenvalue weighted by atomic mass is 32.1. The Bertz CT molecular complexity index is 979. The highest BCUT2D eigenvalue weighted by Crippen LogP contribution is 2.35. The van der Waals surface area contributed by atoms with Gasteiger partial charge in [0.25, 0.3) is 0 Å². The molecule has 0 aliphatic heterocycles. The maximum absolute atomic E-state index is 6.00. The number of hydrogen-bond donors (Lipinski definition) is 0. The van der Waals surface area contributed by atoms with Crippen LogP contribution in [0.4, 0.5) is 0 Å². The van der Waals surface area contributed by atoms with Gasteiger partial charge in [0.1, 0.15) is 23.2 Å². The van der Waals surface area contributed by atoms with Crippen LogP contribution in [-0.2, 0) is 0 Å². The number of ether oxygens (including phenoxy) is 1. The van der Waals surface area contributed by atoms with Crippen molar-refractivity contribution in [3.8, 4) is 17.3 Å². The fraction of sp³-hybridized carbons (Fsp3) is 0.133. The molecule has 8 heteroatoms. The van der Waals surface area contributed by atoms with Gasteiger partial charge in [-0.1, -0.05) is 6.07 Å². The molecule has 0 amide bonds. The molecule has 0 bridgehead atoms. The Balaban J connectivity index is 1.75. The van der Waals surface area contributed by atoms with Gasteiger partial charge in [0.15, 0.2) is 0 Å². The van der Waals surface area contributed by atoms with Gasteiger partial charge in [0.2, 0.25) is 5.88 Å². The van der Waals surface area contributed by atoms with Gasteiger partial charge in [-0.2, -0.15) is 0 Å². The molecule has 0 aliphatic rings. The Labute approximate surface area is 135 Å². The minimum atomic E-state index is 0.561. The number of tetrazole rings is 1. The highest BCUT2D eigenvalue weighted by Gasteiger charge is 2.14. The van der Waals surface area contributed by atoms with Crippen LogP contribution in [0.15, 0.2) is 36.9 Å². The maximum Gasteiger partial charge on any atom is 0.231 e. The number of nitrogens with zero attached hydrogens (tertiary/aromatic N) is 6. The van der Waals surface area contributed by atoms with E-state index in [1.807, 2.05) is 24.3 Å². The molecule has 0 atom stereocenters. The van der Waals surface area contributed by atoms with Crippen LogP contribution in [0.2, 0.25) is 0 Å². The Hall–Kier alpha value is -2.87. The predicted octanol–water partition coefficient (Wildman–Crippen LogP) is 3.08. The van der Waals surface area contributed by atoms with Crippen molar-refractivity contribution in [2.24, 2.45) is 0 Å². The number of rotatable bonds is 3. The SMILES string of the molecule is Cc1sc2ncnc(Oc3cccc(-n4cnnn4)c3)c2c1C. The molecule has 0 saturated heterocycles. The van der Waals surface area contributed by atoms with Gasteiger partial charge in [-0.15, -0.1) is 16.4 Å². The lowest BCUT2D eigenvalue weighted by atomic mass is 10.2. The molecule has 0 N–H and O–H groups in total. The normalized spacial score (nSPS) is 11.0. The first-order chi connectivity index (χ1) is 11.2. The standard InChI is InChI=1S/C15H12N6OS/c1-9-10(2)23-15-13(9)14(16-7-17-15)22-12-5-3-4-11(6-12)21-8-18-19-20-21/h3-8H,1-2H3. The third kappa shape index (κ3) is 2.42. The summed E-state index contributed by atoms with van der Waals surface area (Å²) in [6.07, 6.45) is 3.06. The molecular weight excluding hydrogens is 312 g/mol. The zero-order valence-corrected chi connectivity index (χ0v) is 13.3. The highest BCUT2D eigenvalue weighted by molar-refractivity contribution is 7.18. The van der Waals surface area contributed by atoms with Crippen LogP contribution in [0.3, 0.4) is 0 Å². The second kappa shape index (κ2) is 5.40. The fourth-order valence-electron chi connectivity index (χ4n) is 2.31. The largest absolute Gasteiger partial charge is 0.438 e. The Morgan fingerprint density at radius 1 is 1.17 bits per heavy atom. The summed E-state index contributed by atoms with van der Waals surface area (Å²) in [6.45, 7) is 4.13. The molecule has 23 heavy (non-hydrogen) atoms. The third-order valence-electron chi connectivity index (χ3n) is 3.58. The summed E-state index contributed by atoms with van der Waals surface area (Å²) < 4.78 is 7.57. The van der Waals surface area contributed by atoms with Crippen molar-refractivity contribution in [3.05, 3.63) is 47.4 Å². The monoisotopic (exact) mass is 324 g/mol. The Kier molecular flexibility index (Phi) is 3.23. The lowest BCUT2D eigenvalue weighted by Crippen LogP contribution is -1.96. The molecule has 0 fully saturated rings. The number of hydrogen-bond acceptors (Lipinski definition) is 7. The first-order valence-electron chi connectivity index (χ1n) is 6.94. The first kappa shape index (κ1) is 13.8. The topological polar surface area (TPSA) is 78.6 Å². The summed E-state index contributed by atoms with van der Waals surface area (Å²) in [4.78, 5) is 10.8. The van der Waals surface area contributed by atoms with Crippen LogP contribution in [0.5, 0.6) is 11.6 Å². The van der Waals surface area contributed by atoms with Crippen LogP contribution in [0.25, 0.3) is 15.9 Å². The van der Waals surface area contributed by atoms with Gasteiger partial charge >= 0.3 is 0 Å². The van der Waals surface area contributed by atoms with E-state index in [1.165, 1.54) is 17.5 Å². The van der Waals surface area contributed by atoms with Crippen LogP contribution in [0, 0.1) is 13.8 Å². The van der Waals surface area contributed by atoms with E-state index in [4.69, 9.17) is 4.74 Å². The minimum absolute atomic E-state index is 0.561. The first-order valence-corrected chi connectivity index (χ1v) is 7.76. The lowest BCUT2D eigenvalue weighted by molar-refractivity contribution is 0.467. The summed E-state index contributed by atoms with van der Waals surface area (Å²) in [7, 11) is 0. The molecule has 0 spiro atoms. The van der Waals surface area contributed by atoms with Crippen molar-refractivity contribution in [1.82, 2.24) is 30.2 Å². The smallest absolute Gasteiger partial charge is 0.231 e. The van der Waals surface area contributed by atoms with Gasteiger partial charge in [-0.25, -0.2) is 14.6 Å². The van der Waals surface area contributed by atoms with Gasteiger partial charge in [-0.3, -0.25) is 0 Å². The van der Waals surface area contributed by atoms with Crippen LogP contribution in [0.1, 0.15) is 10.4 Å². The van der Waals surface area contributed by atoms with E-state index in [9.17, 15) is 0 Å². The number of benzene rings is 1. The van der Waals surface area contributed by atoms with Crippen molar-refractivity contribution < 1.29 is 4.74 Å². The molecule has 4 rings (SSSR count). The zero-order valence-electron chi connectivity index (χ0n) is 12.5. The van der Waals surface area contributed by atoms with E-state index in [1.54, 1.807) is 16.0 Å². The van der Waals surface area contributed by atoms with E-state index in [-0.39, 0.29) is 0 Å². The van der Waals surface area contributed by atoms with Crippen molar-refractivity contribution in [1.29, 1.82) is 0 Å². The number of fused-ring (bicyclic) bond motifs is 1. The summed E-state index contributed by atoms with van der Waals surface area (Å²) >= 11 is 1.64. The Morgan fingerprint density at radius 2 is 2.09 bits per heavy atom. The number of thiophene rings is 1. The van der Waals surface area contributed by atoms with E-state index in [0.29, 0.717) is 11.6 Å². The molecule has 7 nitrogen and oxygen atoms in total. The third-order valence-corrected chi connectivity index (χ3v) is 4.69. The van der Waals surface area contributed by atoms with Crippen molar-refractivity contribution in [2.75, 3.05) is 0 Å². The molecule has 0 radical (unpaired) electrons. The summed E-state index contributed by atoms with van der Waals surface area (Å²) in [5.74, 6) is 1.23.